The summed E-state index contributed by atoms with van der Waals surface area (Å²) >= 11 is 0. The molecule has 0 aliphatic carbocycles. The summed E-state index contributed by atoms with van der Waals surface area (Å²) in [5, 5.41) is 15.0. The number of carbonyl (C=O) groups is 1. The van der Waals surface area contributed by atoms with Crippen molar-refractivity contribution >= 4 is 5.91 Å². The predicted octanol–water partition coefficient (Wildman–Crippen LogP) is 0.470. The van der Waals surface area contributed by atoms with Crippen LogP contribution in [0.15, 0.2) is 36.7 Å². The van der Waals surface area contributed by atoms with Crippen LogP contribution in [0.5, 0.6) is 0 Å². The van der Waals surface area contributed by atoms with Crippen molar-refractivity contribution in [1.29, 1.82) is 0 Å². The van der Waals surface area contributed by atoms with E-state index in [9.17, 15) is 9.90 Å². The van der Waals surface area contributed by atoms with Crippen LogP contribution in [0.4, 0.5) is 0 Å². The van der Waals surface area contributed by atoms with E-state index < -0.39 is 11.5 Å². The summed E-state index contributed by atoms with van der Waals surface area (Å²) in [6.45, 7) is 1.80. The summed E-state index contributed by atoms with van der Waals surface area (Å²) in [7, 11) is 0. The van der Waals surface area contributed by atoms with E-state index in [4.69, 9.17) is 5.73 Å². The molecule has 1 amide bonds. The standard InChI is InChI=1S/C16H21N5O2/c17-14(22)9-16(23)7-4-8-20(11-16)10-15-18-12-21(19-15)13-5-2-1-3-6-13/h1-3,5-6,12,23H,4,7-11H2,(H2,17,22). The Kier molecular flexibility index (Phi) is 4.40. The van der Waals surface area contributed by atoms with E-state index in [-0.39, 0.29) is 6.42 Å². The van der Waals surface area contributed by atoms with E-state index in [0.717, 1.165) is 18.7 Å². The third kappa shape index (κ3) is 3.94. The van der Waals surface area contributed by atoms with Crippen molar-refractivity contribution in [2.24, 2.45) is 5.73 Å². The highest BCUT2D eigenvalue weighted by molar-refractivity contribution is 5.75. The first-order valence-corrected chi connectivity index (χ1v) is 7.73. The van der Waals surface area contributed by atoms with Crippen LogP contribution in [0, 0.1) is 0 Å². The summed E-state index contributed by atoms with van der Waals surface area (Å²) in [5.41, 5.74) is 5.15. The lowest BCUT2D eigenvalue weighted by atomic mass is 9.89. The minimum atomic E-state index is -1.04. The Balaban J connectivity index is 1.65. The monoisotopic (exact) mass is 315 g/mol. The number of hydrogen-bond acceptors (Lipinski definition) is 5. The molecule has 1 fully saturated rings. The molecule has 3 rings (SSSR count). The number of aliphatic hydroxyl groups is 1. The first-order valence-electron chi connectivity index (χ1n) is 7.73. The van der Waals surface area contributed by atoms with Gasteiger partial charge in [0.2, 0.25) is 5.91 Å². The minimum Gasteiger partial charge on any atom is -0.388 e. The summed E-state index contributed by atoms with van der Waals surface area (Å²) in [4.78, 5) is 17.5. The van der Waals surface area contributed by atoms with Crippen LogP contribution in [-0.4, -0.2) is 49.4 Å². The number of hydrogen-bond donors (Lipinski definition) is 2. The Bertz CT molecular complexity index is 672. The van der Waals surface area contributed by atoms with Gasteiger partial charge in [-0.1, -0.05) is 18.2 Å². The number of para-hydroxylation sites is 1. The van der Waals surface area contributed by atoms with Gasteiger partial charge in [-0.05, 0) is 31.5 Å². The Morgan fingerprint density at radius 1 is 1.35 bits per heavy atom. The zero-order valence-corrected chi connectivity index (χ0v) is 12.9. The molecule has 122 valence electrons. The first kappa shape index (κ1) is 15.6. The third-order valence-electron chi connectivity index (χ3n) is 4.06. The van der Waals surface area contributed by atoms with E-state index >= 15 is 0 Å². The summed E-state index contributed by atoms with van der Waals surface area (Å²) < 4.78 is 1.73. The lowest BCUT2D eigenvalue weighted by Gasteiger charge is -2.38. The van der Waals surface area contributed by atoms with Crippen molar-refractivity contribution in [2.45, 2.75) is 31.4 Å². The Morgan fingerprint density at radius 2 is 2.13 bits per heavy atom. The van der Waals surface area contributed by atoms with E-state index in [0.29, 0.717) is 25.3 Å². The fourth-order valence-corrected chi connectivity index (χ4v) is 3.08. The van der Waals surface area contributed by atoms with E-state index in [1.807, 2.05) is 30.3 Å². The highest BCUT2D eigenvalue weighted by atomic mass is 16.3. The lowest BCUT2D eigenvalue weighted by Crippen LogP contribution is -2.49. The maximum absolute atomic E-state index is 11.1. The van der Waals surface area contributed by atoms with Crippen molar-refractivity contribution in [2.75, 3.05) is 13.1 Å². The molecule has 23 heavy (non-hydrogen) atoms. The van der Waals surface area contributed by atoms with E-state index in [1.54, 1.807) is 11.0 Å². The molecule has 3 N–H and O–H groups in total. The van der Waals surface area contributed by atoms with Crippen LogP contribution in [0.1, 0.15) is 25.1 Å². The average Bonchev–Trinajstić information content (AvgIpc) is 2.95. The number of rotatable bonds is 5. The quantitative estimate of drug-likeness (QED) is 0.836. The van der Waals surface area contributed by atoms with Gasteiger partial charge in [-0.2, -0.15) is 0 Å². The molecular formula is C16H21N5O2. The number of benzene rings is 1. The number of nitrogens with two attached hydrogens (primary N) is 1. The number of aromatic nitrogens is 3. The number of amides is 1. The summed E-state index contributed by atoms with van der Waals surface area (Å²) in [6, 6.07) is 9.78. The summed E-state index contributed by atoms with van der Waals surface area (Å²) in [6.07, 6.45) is 3.10. The molecule has 1 aliphatic heterocycles. The lowest BCUT2D eigenvalue weighted by molar-refractivity contribution is -0.125. The first-order chi connectivity index (χ1) is 11.0. The topological polar surface area (TPSA) is 97.3 Å². The maximum atomic E-state index is 11.1. The van der Waals surface area contributed by atoms with Crippen molar-refractivity contribution in [1.82, 2.24) is 19.7 Å². The number of primary amides is 1. The van der Waals surface area contributed by atoms with Crippen LogP contribution in [0.2, 0.25) is 0 Å². The third-order valence-corrected chi connectivity index (χ3v) is 4.06. The van der Waals surface area contributed by atoms with E-state index in [2.05, 4.69) is 15.0 Å². The van der Waals surface area contributed by atoms with Gasteiger partial charge < -0.3 is 10.8 Å². The Labute approximate surface area is 134 Å². The minimum absolute atomic E-state index is 0.00458. The number of piperidine rings is 1. The van der Waals surface area contributed by atoms with Gasteiger partial charge in [0.15, 0.2) is 5.82 Å². The molecule has 7 nitrogen and oxygen atoms in total. The number of likely N-dealkylation sites (tertiary alicyclic amines) is 1. The average molecular weight is 315 g/mol. The molecule has 0 bridgehead atoms. The fourth-order valence-electron chi connectivity index (χ4n) is 3.08. The van der Waals surface area contributed by atoms with Gasteiger partial charge in [-0.25, -0.2) is 9.67 Å². The summed E-state index contributed by atoms with van der Waals surface area (Å²) in [5.74, 6) is 0.220. The highest BCUT2D eigenvalue weighted by Crippen LogP contribution is 2.25. The van der Waals surface area contributed by atoms with Gasteiger partial charge in [0.1, 0.15) is 6.33 Å². The van der Waals surface area contributed by atoms with E-state index in [1.165, 1.54) is 0 Å². The zero-order valence-electron chi connectivity index (χ0n) is 12.9. The van der Waals surface area contributed by atoms with Crippen LogP contribution in [0.3, 0.4) is 0 Å². The van der Waals surface area contributed by atoms with Crippen LogP contribution >= 0.6 is 0 Å². The highest BCUT2D eigenvalue weighted by Gasteiger charge is 2.35. The molecule has 1 atom stereocenters. The molecule has 0 saturated carbocycles. The van der Waals surface area contributed by atoms with Crippen LogP contribution in [0.25, 0.3) is 5.69 Å². The Morgan fingerprint density at radius 3 is 2.87 bits per heavy atom. The number of nitrogens with zero attached hydrogens (tertiary/aromatic N) is 4. The molecule has 1 aromatic carbocycles. The molecule has 1 unspecified atom stereocenters. The second kappa shape index (κ2) is 6.47. The fraction of sp³-hybridized carbons (Fsp3) is 0.438. The second-order valence-electron chi connectivity index (χ2n) is 6.12. The zero-order chi connectivity index (χ0) is 16.3. The molecular weight excluding hydrogens is 294 g/mol. The molecule has 1 aliphatic rings. The van der Waals surface area contributed by atoms with Gasteiger partial charge in [-0.15, -0.1) is 5.10 Å². The Hall–Kier alpha value is -2.25. The SMILES string of the molecule is NC(=O)CC1(O)CCCN(Cc2ncn(-c3ccccc3)n2)C1. The van der Waals surface area contributed by atoms with Gasteiger partial charge in [0, 0.05) is 6.54 Å². The smallest absolute Gasteiger partial charge is 0.220 e. The maximum Gasteiger partial charge on any atom is 0.220 e. The number of carbonyl (C=O) groups excluding carboxylic acids is 1. The van der Waals surface area contributed by atoms with Crippen LogP contribution < -0.4 is 5.73 Å². The largest absolute Gasteiger partial charge is 0.388 e. The molecule has 2 heterocycles. The van der Waals surface area contributed by atoms with Crippen molar-refractivity contribution in [3.05, 3.63) is 42.5 Å². The number of β-amino-alcohol motifs (C(OH)–C–C–N with tert-alkyl or cyclic N) is 1. The van der Waals surface area contributed by atoms with Gasteiger partial charge in [0.25, 0.3) is 0 Å². The molecule has 1 aromatic heterocycles. The van der Waals surface area contributed by atoms with Crippen LogP contribution in [-0.2, 0) is 11.3 Å². The van der Waals surface area contributed by atoms with Crippen molar-refractivity contribution in [3.8, 4) is 5.69 Å². The second-order valence-corrected chi connectivity index (χ2v) is 6.12. The van der Waals surface area contributed by atoms with Crippen molar-refractivity contribution in [3.63, 3.8) is 0 Å². The molecule has 0 radical (unpaired) electrons. The predicted molar refractivity (Wildman–Crippen MR) is 84.6 cm³/mol. The van der Waals surface area contributed by atoms with Gasteiger partial charge in [0.05, 0.1) is 24.3 Å². The molecule has 2 aromatic rings. The normalized spacial score (nSPS) is 22.1. The molecule has 1 saturated heterocycles. The van der Waals surface area contributed by atoms with Crippen molar-refractivity contribution < 1.29 is 9.90 Å². The molecule has 0 spiro atoms. The van der Waals surface area contributed by atoms with Gasteiger partial charge in [-0.3, -0.25) is 9.69 Å². The van der Waals surface area contributed by atoms with Gasteiger partial charge >= 0.3 is 0 Å². The molecule has 7 heteroatoms.